The fraction of sp³-hybridized carbons (Fsp3) is 0.280. The Hall–Kier alpha value is -3.85. The van der Waals surface area contributed by atoms with Crippen molar-refractivity contribution in [3.63, 3.8) is 0 Å². The molecule has 2 heterocycles. The maximum atomic E-state index is 13.0. The van der Waals surface area contributed by atoms with Crippen LogP contribution in [0.25, 0.3) is 0 Å². The predicted molar refractivity (Wildman–Crippen MR) is 134 cm³/mol. The molecule has 0 aliphatic carbocycles. The number of aryl methyl sites for hydroxylation is 1. The molecule has 0 atom stereocenters. The lowest BCUT2D eigenvalue weighted by Crippen LogP contribution is -2.34. The SMILES string of the molecule is CCNC(=O)COc1ccc(Cl)cc1CNC(=O)Cc1c(C)ccn(NCc2cccnc2)c1=O. The fourth-order valence-corrected chi connectivity index (χ4v) is 3.52. The summed E-state index contributed by atoms with van der Waals surface area (Å²) in [6, 6.07) is 10.5. The van der Waals surface area contributed by atoms with Crippen molar-refractivity contribution in [2.75, 3.05) is 18.6 Å². The highest BCUT2D eigenvalue weighted by Gasteiger charge is 2.14. The van der Waals surface area contributed by atoms with Gasteiger partial charge in [-0.25, -0.2) is 4.68 Å². The Kier molecular flexibility index (Phi) is 9.25. The molecule has 9 nitrogen and oxygen atoms in total. The van der Waals surface area contributed by atoms with E-state index < -0.39 is 0 Å². The molecular formula is C25H28ClN5O4. The van der Waals surface area contributed by atoms with E-state index in [1.165, 1.54) is 4.68 Å². The normalized spacial score (nSPS) is 10.5. The highest BCUT2D eigenvalue weighted by molar-refractivity contribution is 6.30. The van der Waals surface area contributed by atoms with Gasteiger partial charge < -0.3 is 20.8 Å². The Bertz CT molecular complexity index is 1230. The van der Waals surface area contributed by atoms with Crippen LogP contribution in [0.2, 0.25) is 5.02 Å². The van der Waals surface area contributed by atoms with Gasteiger partial charge in [-0.2, -0.15) is 0 Å². The minimum atomic E-state index is -0.329. The summed E-state index contributed by atoms with van der Waals surface area (Å²) < 4.78 is 6.95. The lowest BCUT2D eigenvalue weighted by molar-refractivity contribution is -0.123. The third-order valence-electron chi connectivity index (χ3n) is 5.17. The van der Waals surface area contributed by atoms with E-state index >= 15 is 0 Å². The largest absolute Gasteiger partial charge is 0.483 e. The number of carbonyl (C=O) groups is 2. The summed E-state index contributed by atoms with van der Waals surface area (Å²) in [7, 11) is 0. The summed E-state index contributed by atoms with van der Waals surface area (Å²) >= 11 is 6.10. The van der Waals surface area contributed by atoms with Gasteiger partial charge in [-0.3, -0.25) is 19.4 Å². The zero-order valence-electron chi connectivity index (χ0n) is 19.6. The Labute approximate surface area is 208 Å². The maximum absolute atomic E-state index is 13.0. The molecule has 0 spiro atoms. The average molecular weight is 498 g/mol. The van der Waals surface area contributed by atoms with Crippen LogP contribution in [0.5, 0.6) is 5.75 Å². The number of rotatable bonds is 11. The van der Waals surface area contributed by atoms with Crippen molar-refractivity contribution >= 4 is 23.4 Å². The van der Waals surface area contributed by atoms with Crippen molar-refractivity contribution in [3.8, 4) is 5.75 Å². The minimum absolute atomic E-state index is 0.0876. The van der Waals surface area contributed by atoms with Gasteiger partial charge in [0.15, 0.2) is 6.61 Å². The molecule has 1 aromatic carbocycles. The summed E-state index contributed by atoms with van der Waals surface area (Å²) in [5, 5.41) is 5.94. The zero-order valence-corrected chi connectivity index (χ0v) is 20.4. The van der Waals surface area contributed by atoms with E-state index in [1.54, 1.807) is 49.8 Å². The lowest BCUT2D eigenvalue weighted by atomic mass is 10.1. The minimum Gasteiger partial charge on any atom is -0.483 e. The predicted octanol–water partition coefficient (Wildman–Crippen LogP) is 2.32. The van der Waals surface area contributed by atoms with Crippen molar-refractivity contribution in [1.29, 1.82) is 0 Å². The van der Waals surface area contributed by atoms with E-state index in [9.17, 15) is 14.4 Å². The molecule has 184 valence electrons. The summed E-state index contributed by atoms with van der Waals surface area (Å²) in [5.74, 6) is -0.130. The number of nitrogens with zero attached hydrogens (tertiary/aromatic N) is 2. The number of nitrogens with one attached hydrogen (secondary N) is 3. The van der Waals surface area contributed by atoms with Gasteiger partial charge in [-0.05, 0) is 55.3 Å². The highest BCUT2D eigenvalue weighted by Crippen LogP contribution is 2.23. The van der Waals surface area contributed by atoms with Crippen molar-refractivity contribution in [2.45, 2.75) is 33.4 Å². The molecule has 10 heteroatoms. The van der Waals surface area contributed by atoms with Crippen molar-refractivity contribution in [3.05, 3.63) is 92.6 Å². The molecular weight excluding hydrogens is 470 g/mol. The van der Waals surface area contributed by atoms with Crippen LogP contribution in [0.4, 0.5) is 0 Å². The fourth-order valence-electron chi connectivity index (χ4n) is 3.32. The van der Waals surface area contributed by atoms with Gasteiger partial charge in [0.2, 0.25) is 5.91 Å². The van der Waals surface area contributed by atoms with Gasteiger partial charge in [0.25, 0.3) is 11.5 Å². The molecule has 3 aromatic rings. The number of halogens is 1. The van der Waals surface area contributed by atoms with Crippen molar-refractivity contribution in [2.24, 2.45) is 0 Å². The molecule has 0 fully saturated rings. The standard InChI is InChI=1S/C25H28ClN5O4/c1-3-28-24(33)16-35-22-7-6-20(26)11-19(22)15-29-23(32)12-21-17(2)8-10-31(25(21)34)30-14-18-5-4-9-27-13-18/h4-11,13,30H,3,12,14-16H2,1-2H3,(H,28,33)(H,29,32). The molecule has 35 heavy (non-hydrogen) atoms. The smallest absolute Gasteiger partial charge is 0.272 e. The number of hydrogen-bond donors (Lipinski definition) is 3. The number of benzene rings is 1. The highest BCUT2D eigenvalue weighted by atomic mass is 35.5. The van der Waals surface area contributed by atoms with Crippen LogP contribution in [0.1, 0.15) is 29.2 Å². The van der Waals surface area contributed by atoms with Crippen LogP contribution in [0, 0.1) is 6.92 Å². The number of pyridine rings is 2. The van der Waals surface area contributed by atoms with Crippen LogP contribution < -0.4 is 26.4 Å². The number of likely N-dealkylation sites (N-methyl/N-ethyl adjacent to an activating group) is 1. The van der Waals surface area contributed by atoms with Crippen molar-refractivity contribution < 1.29 is 14.3 Å². The third-order valence-corrected chi connectivity index (χ3v) is 5.41. The Morgan fingerprint density at radius 1 is 1.11 bits per heavy atom. The maximum Gasteiger partial charge on any atom is 0.272 e. The van der Waals surface area contributed by atoms with E-state index in [-0.39, 0.29) is 36.9 Å². The average Bonchev–Trinajstić information content (AvgIpc) is 2.85. The second-order valence-electron chi connectivity index (χ2n) is 7.80. The lowest BCUT2D eigenvalue weighted by Gasteiger charge is -2.14. The number of ether oxygens (including phenoxy) is 1. The van der Waals surface area contributed by atoms with Gasteiger partial charge in [-0.1, -0.05) is 17.7 Å². The number of amides is 2. The molecule has 2 aromatic heterocycles. The Morgan fingerprint density at radius 3 is 2.69 bits per heavy atom. The summed E-state index contributed by atoms with van der Waals surface area (Å²) in [4.78, 5) is 41.4. The molecule has 0 aliphatic rings. The van der Waals surface area contributed by atoms with Crippen LogP contribution in [-0.2, 0) is 29.1 Å². The molecule has 2 amide bonds. The Balaban J connectivity index is 1.64. The van der Waals surface area contributed by atoms with Gasteiger partial charge in [0, 0.05) is 47.8 Å². The molecule has 0 bridgehead atoms. The first-order valence-corrected chi connectivity index (χ1v) is 11.5. The van der Waals surface area contributed by atoms with Gasteiger partial charge in [-0.15, -0.1) is 0 Å². The summed E-state index contributed by atoms with van der Waals surface area (Å²) in [5.41, 5.74) is 5.40. The summed E-state index contributed by atoms with van der Waals surface area (Å²) in [6.07, 6.45) is 4.94. The molecule has 0 aliphatic heterocycles. The first-order valence-electron chi connectivity index (χ1n) is 11.2. The topological polar surface area (TPSA) is 114 Å². The first-order chi connectivity index (χ1) is 16.9. The third kappa shape index (κ3) is 7.58. The van der Waals surface area contributed by atoms with E-state index in [0.29, 0.717) is 35.0 Å². The van der Waals surface area contributed by atoms with Crippen LogP contribution in [0.15, 0.2) is 59.8 Å². The number of aromatic nitrogens is 2. The van der Waals surface area contributed by atoms with E-state index in [0.717, 1.165) is 11.1 Å². The van der Waals surface area contributed by atoms with Gasteiger partial charge in [0.1, 0.15) is 5.75 Å². The molecule has 3 N–H and O–H groups in total. The number of hydrogen-bond acceptors (Lipinski definition) is 6. The van der Waals surface area contributed by atoms with Crippen LogP contribution >= 0.6 is 11.6 Å². The Morgan fingerprint density at radius 2 is 1.94 bits per heavy atom. The van der Waals surface area contributed by atoms with E-state index in [2.05, 4.69) is 21.0 Å². The second-order valence-corrected chi connectivity index (χ2v) is 8.23. The quantitative estimate of drug-likeness (QED) is 0.374. The van der Waals surface area contributed by atoms with Gasteiger partial charge >= 0.3 is 0 Å². The monoisotopic (exact) mass is 497 g/mol. The van der Waals surface area contributed by atoms with E-state index in [1.807, 2.05) is 19.1 Å². The van der Waals surface area contributed by atoms with Crippen LogP contribution in [-0.4, -0.2) is 34.6 Å². The van der Waals surface area contributed by atoms with Gasteiger partial charge in [0.05, 0.1) is 13.0 Å². The molecule has 0 unspecified atom stereocenters. The zero-order chi connectivity index (χ0) is 25.2. The molecule has 0 saturated carbocycles. The molecule has 3 rings (SSSR count). The molecule has 0 radical (unpaired) electrons. The summed E-state index contributed by atoms with van der Waals surface area (Å²) in [6.45, 7) is 4.51. The van der Waals surface area contributed by atoms with Crippen LogP contribution in [0.3, 0.4) is 0 Å². The molecule has 0 saturated heterocycles. The van der Waals surface area contributed by atoms with Crippen molar-refractivity contribution in [1.82, 2.24) is 20.3 Å². The first kappa shape index (κ1) is 25.8. The number of carbonyl (C=O) groups excluding carboxylic acids is 2. The van der Waals surface area contributed by atoms with E-state index in [4.69, 9.17) is 16.3 Å². The second kappa shape index (κ2) is 12.6.